The van der Waals surface area contributed by atoms with Crippen LogP contribution >= 0.6 is 0 Å². The van der Waals surface area contributed by atoms with E-state index in [0.717, 1.165) is 29.6 Å². The lowest BCUT2D eigenvalue weighted by Gasteiger charge is -2.20. The molecule has 0 bridgehead atoms. The predicted octanol–water partition coefficient (Wildman–Crippen LogP) is 3.33. The average Bonchev–Trinajstić information content (AvgIpc) is 2.22. The second-order valence-electron chi connectivity index (χ2n) is 5.05. The molecule has 0 aromatic heterocycles. The molecule has 1 aliphatic carbocycles. The van der Waals surface area contributed by atoms with E-state index >= 15 is 0 Å². The summed E-state index contributed by atoms with van der Waals surface area (Å²) in [7, 11) is 0. The summed E-state index contributed by atoms with van der Waals surface area (Å²) < 4.78 is 0. The van der Waals surface area contributed by atoms with Gasteiger partial charge in [-0.1, -0.05) is 17.2 Å². The Morgan fingerprint density at radius 3 is 2.71 bits per heavy atom. The highest BCUT2D eigenvalue weighted by atomic mass is 16.3. The molecular formula is C15H22O2. The number of allylic oxidation sites excluding steroid dienone is 4. The normalized spacial score (nSPS) is 23.2. The summed E-state index contributed by atoms with van der Waals surface area (Å²) in [6, 6.07) is 0. The summed E-state index contributed by atoms with van der Waals surface area (Å²) in [6.07, 6.45) is 5.58. The standard InChI is InChI=1S/C15H22O2/c1-10(2)6-5-7-11(3)13-9-14(16)12(4)8-15(13)17/h6,8,14,16H,5,7,9H2,1-4H3/b13-11-/t14-/m0/s1. The van der Waals surface area contributed by atoms with E-state index in [2.05, 4.69) is 19.9 Å². The average molecular weight is 234 g/mol. The highest BCUT2D eigenvalue weighted by Crippen LogP contribution is 2.25. The van der Waals surface area contributed by atoms with Gasteiger partial charge in [0.15, 0.2) is 5.78 Å². The number of rotatable bonds is 3. The van der Waals surface area contributed by atoms with Crippen molar-refractivity contribution in [3.05, 3.63) is 34.4 Å². The summed E-state index contributed by atoms with van der Waals surface area (Å²) in [4.78, 5) is 11.8. The van der Waals surface area contributed by atoms with Gasteiger partial charge in [0.05, 0.1) is 6.10 Å². The molecule has 0 saturated carbocycles. The molecule has 0 amide bonds. The number of hydrogen-bond donors (Lipinski definition) is 1. The van der Waals surface area contributed by atoms with Crippen molar-refractivity contribution in [2.45, 2.75) is 53.1 Å². The lowest BCUT2D eigenvalue weighted by Crippen LogP contribution is -2.20. The van der Waals surface area contributed by atoms with Crippen LogP contribution in [0.5, 0.6) is 0 Å². The molecule has 0 aromatic rings. The van der Waals surface area contributed by atoms with Gasteiger partial charge in [-0.15, -0.1) is 0 Å². The van der Waals surface area contributed by atoms with Crippen LogP contribution in [0.2, 0.25) is 0 Å². The first-order valence-electron chi connectivity index (χ1n) is 6.14. The number of aliphatic hydroxyl groups is 1. The van der Waals surface area contributed by atoms with E-state index in [1.165, 1.54) is 5.57 Å². The Morgan fingerprint density at radius 1 is 1.47 bits per heavy atom. The molecule has 1 N–H and O–H groups in total. The van der Waals surface area contributed by atoms with Crippen LogP contribution in [0.25, 0.3) is 0 Å². The molecule has 1 atom stereocenters. The van der Waals surface area contributed by atoms with Gasteiger partial charge in [0.25, 0.3) is 0 Å². The van der Waals surface area contributed by atoms with E-state index in [9.17, 15) is 9.90 Å². The van der Waals surface area contributed by atoms with E-state index in [1.54, 1.807) is 13.0 Å². The molecule has 0 saturated heterocycles. The molecule has 1 rings (SSSR count). The molecule has 2 nitrogen and oxygen atoms in total. The van der Waals surface area contributed by atoms with Gasteiger partial charge in [0.1, 0.15) is 0 Å². The molecule has 0 heterocycles. The maximum Gasteiger partial charge on any atom is 0.181 e. The molecule has 0 unspecified atom stereocenters. The fourth-order valence-corrected chi connectivity index (χ4v) is 1.96. The van der Waals surface area contributed by atoms with Crippen molar-refractivity contribution < 1.29 is 9.90 Å². The van der Waals surface area contributed by atoms with Crippen molar-refractivity contribution in [3.63, 3.8) is 0 Å². The zero-order chi connectivity index (χ0) is 13.0. The van der Waals surface area contributed by atoms with Gasteiger partial charge < -0.3 is 5.11 Å². The SMILES string of the molecule is CC(C)=CCC/C(C)=C1/C[C@H](O)C(C)=CC1=O. The lowest BCUT2D eigenvalue weighted by atomic mass is 9.88. The quantitative estimate of drug-likeness (QED) is 0.600. The largest absolute Gasteiger partial charge is 0.388 e. The highest BCUT2D eigenvalue weighted by molar-refractivity contribution is 6.06. The molecule has 1 aliphatic rings. The number of carbonyl (C=O) groups is 1. The van der Waals surface area contributed by atoms with E-state index in [4.69, 9.17) is 0 Å². The maximum absolute atomic E-state index is 11.8. The Hall–Kier alpha value is -1.15. The van der Waals surface area contributed by atoms with E-state index < -0.39 is 6.10 Å². The first kappa shape index (κ1) is 13.9. The Kier molecular flexibility index (Phi) is 4.88. The third kappa shape index (κ3) is 3.97. The maximum atomic E-state index is 11.8. The van der Waals surface area contributed by atoms with Gasteiger partial charge in [-0.05, 0) is 52.2 Å². The molecule has 0 fully saturated rings. The summed E-state index contributed by atoms with van der Waals surface area (Å²) in [5.41, 5.74) is 3.98. The zero-order valence-electron chi connectivity index (χ0n) is 11.2. The van der Waals surface area contributed by atoms with Gasteiger partial charge in [-0.25, -0.2) is 0 Å². The Morgan fingerprint density at radius 2 is 2.12 bits per heavy atom. The Bertz CT molecular complexity index is 393. The zero-order valence-corrected chi connectivity index (χ0v) is 11.2. The number of hydrogen-bond acceptors (Lipinski definition) is 2. The van der Waals surface area contributed by atoms with Gasteiger partial charge in [-0.2, -0.15) is 0 Å². The highest BCUT2D eigenvalue weighted by Gasteiger charge is 2.22. The Labute approximate surface area is 104 Å². The molecule has 0 spiro atoms. The summed E-state index contributed by atoms with van der Waals surface area (Å²) >= 11 is 0. The third-order valence-corrected chi connectivity index (χ3v) is 3.17. The van der Waals surface area contributed by atoms with Crippen LogP contribution in [0.15, 0.2) is 34.4 Å². The van der Waals surface area contributed by atoms with Crippen LogP contribution in [-0.4, -0.2) is 17.0 Å². The van der Waals surface area contributed by atoms with Crippen LogP contribution in [0.1, 0.15) is 47.0 Å². The minimum Gasteiger partial charge on any atom is -0.388 e. The summed E-state index contributed by atoms with van der Waals surface area (Å²) in [5.74, 6) is 0.0718. The van der Waals surface area contributed by atoms with Crippen molar-refractivity contribution in [2.24, 2.45) is 0 Å². The molecule has 94 valence electrons. The summed E-state index contributed by atoms with van der Waals surface area (Å²) in [5, 5.41) is 9.76. The number of carbonyl (C=O) groups excluding carboxylic acids is 1. The molecule has 17 heavy (non-hydrogen) atoms. The van der Waals surface area contributed by atoms with Crippen LogP contribution in [0, 0.1) is 0 Å². The van der Waals surface area contributed by atoms with Crippen molar-refractivity contribution in [3.8, 4) is 0 Å². The van der Waals surface area contributed by atoms with Crippen molar-refractivity contribution >= 4 is 5.78 Å². The number of aliphatic hydroxyl groups excluding tert-OH is 1. The fourth-order valence-electron chi connectivity index (χ4n) is 1.96. The van der Waals surface area contributed by atoms with Crippen LogP contribution in [0.4, 0.5) is 0 Å². The molecule has 0 radical (unpaired) electrons. The monoisotopic (exact) mass is 234 g/mol. The molecule has 0 aromatic carbocycles. The lowest BCUT2D eigenvalue weighted by molar-refractivity contribution is -0.112. The molecular weight excluding hydrogens is 212 g/mol. The van der Waals surface area contributed by atoms with E-state index in [-0.39, 0.29) is 5.78 Å². The van der Waals surface area contributed by atoms with Crippen molar-refractivity contribution in [1.29, 1.82) is 0 Å². The molecule has 0 aliphatic heterocycles. The first-order valence-corrected chi connectivity index (χ1v) is 6.14. The second kappa shape index (κ2) is 5.97. The van der Waals surface area contributed by atoms with Gasteiger partial charge in [0.2, 0.25) is 0 Å². The number of ketones is 1. The van der Waals surface area contributed by atoms with Gasteiger partial charge in [-0.3, -0.25) is 4.79 Å². The first-order chi connectivity index (χ1) is 7.91. The smallest absolute Gasteiger partial charge is 0.181 e. The minimum atomic E-state index is -0.485. The van der Waals surface area contributed by atoms with E-state index in [1.807, 2.05) is 6.92 Å². The third-order valence-electron chi connectivity index (χ3n) is 3.17. The second-order valence-corrected chi connectivity index (χ2v) is 5.05. The van der Waals surface area contributed by atoms with Crippen LogP contribution < -0.4 is 0 Å². The van der Waals surface area contributed by atoms with Crippen molar-refractivity contribution in [1.82, 2.24) is 0 Å². The summed E-state index contributed by atoms with van der Waals surface area (Å²) in [6.45, 7) is 7.94. The fraction of sp³-hybridized carbons (Fsp3) is 0.533. The molecule has 2 heteroatoms. The predicted molar refractivity (Wildman–Crippen MR) is 70.8 cm³/mol. The topological polar surface area (TPSA) is 37.3 Å². The van der Waals surface area contributed by atoms with Crippen molar-refractivity contribution in [2.75, 3.05) is 0 Å². The van der Waals surface area contributed by atoms with Crippen LogP contribution in [-0.2, 0) is 4.79 Å². The van der Waals surface area contributed by atoms with E-state index in [0.29, 0.717) is 6.42 Å². The van der Waals surface area contributed by atoms with Gasteiger partial charge in [0, 0.05) is 12.0 Å². The van der Waals surface area contributed by atoms with Gasteiger partial charge >= 0.3 is 0 Å². The minimum absolute atomic E-state index is 0.0718. The Balaban J connectivity index is 2.77. The van der Waals surface area contributed by atoms with Crippen LogP contribution in [0.3, 0.4) is 0 Å².